The van der Waals surface area contributed by atoms with Gasteiger partial charge in [0.05, 0.1) is 13.2 Å². The highest BCUT2D eigenvalue weighted by Gasteiger charge is 2.18. The lowest BCUT2D eigenvalue weighted by atomic mass is 10.1. The molecular formula is C22H27ClN2O3. The summed E-state index contributed by atoms with van der Waals surface area (Å²) in [6.45, 7) is 6.83. The average molecular weight is 403 g/mol. The van der Waals surface area contributed by atoms with Gasteiger partial charge in [0.25, 0.3) is 5.91 Å². The van der Waals surface area contributed by atoms with Gasteiger partial charge in [0.15, 0.2) is 6.10 Å². The molecule has 1 N–H and O–H groups in total. The van der Waals surface area contributed by atoms with Crippen LogP contribution in [0.1, 0.15) is 24.5 Å². The Morgan fingerprint density at radius 3 is 2.61 bits per heavy atom. The Labute approximate surface area is 171 Å². The molecule has 1 atom stereocenters. The number of hydrogen-bond donors (Lipinski definition) is 1. The molecule has 1 unspecified atom stereocenters. The molecule has 0 spiro atoms. The van der Waals surface area contributed by atoms with E-state index in [4.69, 9.17) is 21.1 Å². The molecule has 0 aliphatic carbocycles. The average Bonchev–Trinajstić information content (AvgIpc) is 2.72. The van der Waals surface area contributed by atoms with Crippen LogP contribution in [-0.4, -0.2) is 43.2 Å². The highest BCUT2D eigenvalue weighted by Crippen LogP contribution is 2.18. The summed E-state index contributed by atoms with van der Waals surface area (Å²) in [6, 6.07) is 15.4. The minimum Gasteiger partial charge on any atom is -0.481 e. The van der Waals surface area contributed by atoms with E-state index < -0.39 is 6.10 Å². The molecule has 5 nitrogen and oxygen atoms in total. The van der Waals surface area contributed by atoms with Crippen LogP contribution < -0.4 is 10.1 Å². The van der Waals surface area contributed by atoms with Gasteiger partial charge in [0.2, 0.25) is 0 Å². The number of nitrogens with zero attached hydrogens (tertiary/aromatic N) is 1. The van der Waals surface area contributed by atoms with Gasteiger partial charge >= 0.3 is 0 Å². The van der Waals surface area contributed by atoms with Gasteiger partial charge in [-0.15, -0.1) is 0 Å². The van der Waals surface area contributed by atoms with Crippen molar-refractivity contribution in [1.82, 2.24) is 10.2 Å². The fourth-order valence-corrected chi connectivity index (χ4v) is 3.28. The second-order valence-corrected chi connectivity index (χ2v) is 7.33. The van der Waals surface area contributed by atoms with Gasteiger partial charge in [-0.25, -0.2) is 0 Å². The normalized spacial score (nSPS) is 15.8. The summed E-state index contributed by atoms with van der Waals surface area (Å²) in [7, 11) is 0. The third-order valence-electron chi connectivity index (χ3n) is 4.72. The third-order valence-corrected chi connectivity index (χ3v) is 4.98. The van der Waals surface area contributed by atoms with Crippen LogP contribution in [0.15, 0.2) is 48.5 Å². The number of morpholine rings is 1. The van der Waals surface area contributed by atoms with Crippen LogP contribution in [0, 0.1) is 0 Å². The Kier molecular flexibility index (Phi) is 7.71. The first-order valence-electron chi connectivity index (χ1n) is 9.72. The van der Waals surface area contributed by atoms with Crippen molar-refractivity contribution in [2.75, 3.05) is 26.3 Å². The minimum absolute atomic E-state index is 0.115. The van der Waals surface area contributed by atoms with E-state index >= 15 is 0 Å². The number of hydrogen-bond acceptors (Lipinski definition) is 4. The topological polar surface area (TPSA) is 50.8 Å². The first kappa shape index (κ1) is 20.6. The van der Waals surface area contributed by atoms with Crippen molar-refractivity contribution in [1.29, 1.82) is 0 Å². The van der Waals surface area contributed by atoms with E-state index in [1.807, 2.05) is 19.1 Å². The van der Waals surface area contributed by atoms with E-state index in [-0.39, 0.29) is 5.91 Å². The zero-order valence-electron chi connectivity index (χ0n) is 16.2. The lowest BCUT2D eigenvalue weighted by Crippen LogP contribution is -2.37. The number of ether oxygens (including phenoxy) is 2. The molecule has 2 aromatic rings. The van der Waals surface area contributed by atoms with Crippen LogP contribution in [-0.2, 0) is 22.6 Å². The highest BCUT2D eigenvalue weighted by molar-refractivity contribution is 6.30. The summed E-state index contributed by atoms with van der Waals surface area (Å²) in [6.07, 6.45) is 0.0589. The summed E-state index contributed by atoms with van der Waals surface area (Å²) in [4.78, 5) is 14.9. The van der Waals surface area contributed by atoms with Crippen LogP contribution in [0.3, 0.4) is 0 Å². The Morgan fingerprint density at radius 1 is 1.18 bits per heavy atom. The summed E-state index contributed by atoms with van der Waals surface area (Å²) in [5.74, 6) is 0.523. The predicted octanol–water partition coefficient (Wildman–Crippen LogP) is 3.65. The van der Waals surface area contributed by atoms with Crippen LogP contribution in [0.5, 0.6) is 5.75 Å². The number of carbonyl (C=O) groups is 1. The minimum atomic E-state index is -0.530. The van der Waals surface area contributed by atoms with Crippen molar-refractivity contribution in [3.8, 4) is 5.75 Å². The second kappa shape index (κ2) is 10.5. The van der Waals surface area contributed by atoms with Gasteiger partial charge in [-0.05, 0) is 41.8 Å². The molecule has 1 aliphatic rings. The van der Waals surface area contributed by atoms with Gasteiger partial charge in [0.1, 0.15) is 5.75 Å². The smallest absolute Gasteiger partial charge is 0.261 e. The summed E-state index contributed by atoms with van der Waals surface area (Å²) >= 11 is 5.89. The molecule has 2 aromatic carbocycles. The number of halogens is 1. The predicted molar refractivity (Wildman–Crippen MR) is 111 cm³/mol. The number of carbonyl (C=O) groups excluding carboxylic acids is 1. The van der Waals surface area contributed by atoms with E-state index in [9.17, 15) is 4.79 Å². The molecule has 1 amide bonds. The molecule has 0 radical (unpaired) electrons. The molecule has 1 heterocycles. The molecule has 1 aliphatic heterocycles. The fraction of sp³-hybridized carbons (Fsp3) is 0.409. The van der Waals surface area contributed by atoms with E-state index in [0.29, 0.717) is 23.7 Å². The Balaban J connectivity index is 1.52. The maximum absolute atomic E-state index is 12.5. The molecule has 3 rings (SSSR count). The number of rotatable bonds is 8. The second-order valence-electron chi connectivity index (χ2n) is 6.89. The Hall–Kier alpha value is -2.08. The molecular weight excluding hydrogens is 376 g/mol. The maximum Gasteiger partial charge on any atom is 0.261 e. The number of nitrogens with one attached hydrogen (secondary N) is 1. The molecule has 28 heavy (non-hydrogen) atoms. The SMILES string of the molecule is CCC(Oc1ccc(Cl)cc1)C(=O)NCc1cccc(CN2CCOCC2)c1. The van der Waals surface area contributed by atoms with E-state index in [1.165, 1.54) is 5.56 Å². The lowest BCUT2D eigenvalue weighted by molar-refractivity contribution is -0.128. The van der Waals surface area contributed by atoms with Gasteiger partial charge < -0.3 is 14.8 Å². The van der Waals surface area contributed by atoms with Gasteiger partial charge in [-0.3, -0.25) is 9.69 Å². The van der Waals surface area contributed by atoms with E-state index in [2.05, 4.69) is 22.3 Å². The molecule has 0 aromatic heterocycles. The monoisotopic (exact) mass is 402 g/mol. The molecule has 150 valence electrons. The van der Waals surface area contributed by atoms with Crippen LogP contribution >= 0.6 is 11.6 Å². The number of benzene rings is 2. The lowest BCUT2D eigenvalue weighted by Gasteiger charge is -2.26. The third kappa shape index (κ3) is 6.23. The Bertz CT molecular complexity index is 761. The van der Waals surface area contributed by atoms with Crippen molar-refractivity contribution in [3.05, 3.63) is 64.7 Å². The van der Waals surface area contributed by atoms with Gasteiger partial charge in [-0.2, -0.15) is 0 Å². The van der Waals surface area contributed by atoms with E-state index in [1.54, 1.807) is 24.3 Å². The molecule has 1 saturated heterocycles. The summed E-state index contributed by atoms with van der Waals surface area (Å²) in [5, 5.41) is 3.63. The molecule has 1 fully saturated rings. The quantitative estimate of drug-likeness (QED) is 0.732. The van der Waals surface area contributed by atoms with Gasteiger partial charge in [-0.1, -0.05) is 42.8 Å². The maximum atomic E-state index is 12.5. The zero-order valence-corrected chi connectivity index (χ0v) is 17.0. The first-order chi connectivity index (χ1) is 13.6. The van der Waals surface area contributed by atoms with Crippen LogP contribution in [0.4, 0.5) is 0 Å². The van der Waals surface area contributed by atoms with E-state index in [0.717, 1.165) is 38.4 Å². The zero-order chi connectivity index (χ0) is 19.8. The van der Waals surface area contributed by atoms with Crippen LogP contribution in [0.25, 0.3) is 0 Å². The van der Waals surface area contributed by atoms with Crippen molar-refractivity contribution in [2.24, 2.45) is 0 Å². The molecule has 0 bridgehead atoms. The van der Waals surface area contributed by atoms with Crippen molar-refractivity contribution in [3.63, 3.8) is 0 Å². The Morgan fingerprint density at radius 2 is 1.89 bits per heavy atom. The fourth-order valence-electron chi connectivity index (χ4n) is 3.16. The summed E-state index contributed by atoms with van der Waals surface area (Å²) in [5.41, 5.74) is 2.33. The van der Waals surface area contributed by atoms with Crippen molar-refractivity contribution >= 4 is 17.5 Å². The highest BCUT2D eigenvalue weighted by atomic mass is 35.5. The van der Waals surface area contributed by atoms with Gasteiger partial charge in [0, 0.05) is 31.2 Å². The van der Waals surface area contributed by atoms with Crippen molar-refractivity contribution < 1.29 is 14.3 Å². The summed E-state index contributed by atoms with van der Waals surface area (Å²) < 4.78 is 11.2. The number of amides is 1. The van der Waals surface area contributed by atoms with Crippen LogP contribution in [0.2, 0.25) is 5.02 Å². The largest absolute Gasteiger partial charge is 0.481 e. The van der Waals surface area contributed by atoms with Crippen molar-refractivity contribution in [2.45, 2.75) is 32.5 Å². The standard InChI is InChI=1S/C22H27ClN2O3/c1-2-21(28-20-8-6-19(23)7-9-20)22(26)24-15-17-4-3-5-18(14-17)16-25-10-12-27-13-11-25/h3-9,14,21H,2,10-13,15-16H2,1H3,(H,24,26). The first-order valence-corrected chi connectivity index (χ1v) is 10.1. The molecule has 0 saturated carbocycles. The molecule has 6 heteroatoms.